The lowest BCUT2D eigenvalue weighted by molar-refractivity contribution is 0.352. The van der Waals surface area contributed by atoms with E-state index in [9.17, 15) is 0 Å². The van der Waals surface area contributed by atoms with Crippen molar-refractivity contribution in [1.82, 2.24) is 34.8 Å². The maximum absolute atomic E-state index is 4.78. The molecule has 5 heterocycles. The summed E-state index contributed by atoms with van der Waals surface area (Å²) in [5.41, 5.74) is 3.92. The largest absolute Gasteiger partial charge is 0.368 e. The number of fused-ring (bicyclic) bond motifs is 2. The van der Waals surface area contributed by atoms with Crippen molar-refractivity contribution in [2.45, 2.75) is 58.4 Å². The molecule has 6 aromatic rings. The van der Waals surface area contributed by atoms with Crippen LogP contribution in [0.15, 0.2) is 97.6 Å². The zero-order valence-electron chi connectivity index (χ0n) is 28.0. The number of aromatic nitrogens is 6. The van der Waals surface area contributed by atoms with E-state index < -0.39 is 0 Å². The monoisotopic (exact) mass is 639 g/mol. The van der Waals surface area contributed by atoms with E-state index in [0.717, 1.165) is 69.3 Å². The van der Waals surface area contributed by atoms with E-state index in [-0.39, 0.29) is 0 Å². The third-order valence-corrected chi connectivity index (χ3v) is 8.70. The molecule has 1 saturated heterocycles. The number of para-hydroxylation sites is 2. The molecule has 0 radical (unpaired) electrons. The van der Waals surface area contributed by atoms with Gasteiger partial charge in [-0.15, -0.1) is 0 Å². The highest BCUT2D eigenvalue weighted by atomic mass is 15.2. The van der Waals surface area contributed by atoms with Crippen molar-refractivity contribution >= 4 is 33.4 Å². The second kappa shape index (κ2) is 16.7. The molecule has 0 unspecified atom stereocenters. The number of rotatable bonds is 8. The van der Waals surface area contributed by atoms with Crippen molar-refractivity contribution in [1.29, 1.82) is 0 Å². The molecule has 2 aliphatic rings. The minimum absolute atomic E-state index is 0.531. The van der Waals surface area contributed by atoms with Crippen LogP contribution in [-0.2, 0) is 0 Å². The molecule has 2 fully saturated rings. The maximum atomic E-state index is 4.78. The molecule has 0 spiro atoms. The predicted octanol–water partition coefficient (Wildman–Crippen LogP) is 8.27. The molecule has 4 aromatic heterocycles. The van der Waals surface area contributed by atoms with Gasteiger partial charge in [-0.25, -0.2) is 19.9 Å². The number of hydrogen-bond donors (Lipinski definition) is 2. The molecular formula is C39H45N9. The van der Waals surface area contributed by atoms with E-state index in [2.05, 4.69) is 37.6 Å². The van der Waals surface area contributed by atoms with E-state index in [1.165, 1.54) is 51.6 Å². The van der Waals surface area contributed by atoms with Gasteiger partial charge in [0.15, 0.2) is 11.6 Å². The van der Waals surface area contributed by atoms with Crippen molar-refractivity contribution < 1.29 is 0 Å². The fourth-order valence-electron chi connectivity index (χ4n) is 6.26. The summed E-state index contributed by atoms with van der Waals surface area (Å²) in [7, 11) is 0. The summed E-state index contributed by atoms with van der Waals surface area (Å²) in [4.78, 5) is 29.6. The number of benzene rings is 2. The van der Waals surface area contributed by atoms with E-state index in [1.54, 1.807) is 24.8 Å². The number of likely N-dealkylation sites (tertiary alicyclic amines) is 1. The number of hydrogen-bond acceptors (Lipinski definition) is 9. The van der Waals surface area contributed by atoms with Crippen LogP contribution in [0.4, 0.5) is 11.6 Å². The smallest absolute Gasteiger partial charge is 0.162 e. The molecule has 9 nitrogen and oxygen atoms in total. The van der Waals surface area contributed by atoms with Crippen molar-refractivity contribution in [2.24, 2.45) is 0 Å². The van der Waals surface area contributed by atoms with Gasteiger partial charge in [-0.3, -0.25) is 9.97 Å². The summed E-state index contributed by atoms with van der Waals surface area (Å²) in [6.45, 7) is 8.39. The molecule has 0 atom stereocenters. The van der Waals surface area contributed by atoms with Crippen LogP contribution in [0.1, 0.15) is 52.4 Å². The average Bonchev–Trinajstić information content (AvgIpc) is 3.89. The summed E-state index contributed by atoms with van der Waals surface area (Å²) in [5.74, 6) is 3.34. The van der Waals surface area contributed by atoms with Gasteiger partial charge in [0, 0.05) is 65.8 Å². The Morgan fingerprint density at radius 1 is 0.604 bits per heavy atom. The lowest BCUT2D eigenvalue weighted by Gasteiger charge is -2.16. The Labute approximate surface area is 283 Å². The number of nitrogens with one attached hydrogen (secondary N) is 2. The van der Waals surface area contributed by atoms with Crippen LogP contribution < -0.4 is 10.6 Å². The Bertz CT molecular complexity index is 1870. The highest BCUT2D eigenvalue weighted by Crippen LogP contribution is 2.28. The number of pyridine rings is 2. The average molecular weight is 640 g/mol. The van der Waals surface area contributed by atoms with Gasteiger partial charge in [-0.2, -0.15) is 0 Å². The zero-order valence-corrected chi connectivity index (χ0v) is 28.0. The first kappa shape index (κ1) is 32.9. The van der Waals surface area contributed by atoms with Crippen LogP contribution in [0, 0.1) is 0 Å². The third kappa shape index (κ3) is 8.27. The molecule has 2 N–H and O–H groups in total. The van der Waals surface area contributed by atoms with E-state index in [1.807, 2.05) is 74.5 Å². The second-order valence-corrected chi connectivity index (χ2v) is 11.9. The molecular weight excluding hydrogens is 594 g/mol. The van der Waals surface area contributed by atoms with E-state index in [4.69, 9.17) is 19.9 Å². The van der Waals surface area contributed by atoms with Crippen molar-refractivity contribution in [3.63, 3.8) is 0 Å². The standard InChI is InChI=1S/C19H21N5.C18H18N4.C2H6/c1-2-6-17-16(5-1)19(21-11-14-24-12-3-4-13-24)23-18(22-17)15-7-9-20-10-8-15;1-2-6-14(5-1)20-18-15-7-3-4-8-16(15)21-17(22-18)13-9-11-19-12-10-13;1-2/h1-2,5-10H,3-4,11-14H2,(H,21,22,23);3-4,7-12,14H,1-2,5-6H2,(H,20,21,22);1-2H3. The topological polar surface area (TPSA) is 105 Å². The predicted molar refractivity (Wildman–Crippen MR) is 197 cm³/mol. The van der Waals surface area contributed by atoms with Gasteiger partial charge in [-0.05, 0) is 87.3 Å². The quantitative estimate of drug-likeness (QED) is 0.170. The minimum atomic E-state index is 0.531. The van der Waals surface area contributed by atoms with Crippen LogP contribution in [0.3, 0.4) is 0 Å². The fraction of sp³-hybridized carbons (Fsp3) is 0.333. The molecule has 48 heavy (non-hydrogen) atoms. The fourth-order valence-corrected chi connectivity index (χ4v) is 6.26. The Morgan fingerprint density at radius 2 is 1.10 bits per heavy atom. The summed E-state index contributed by atoms with van der Waals surface area (Å²) in [6.07, 6.45) is 14.8. The molecule has 1 aliphatic heterocycles. The normalized spacial score (nSPS) is 14.6. The Hall–Kier alpha value is -5.02. The summed E-state index contributed by atoms with van der Waals surface area (Å²) >= 11 is 0. The van der Waals surface area contributed by atoms with Crippen molar-refractivity contribution in [2.75, 3.05) is 36.8 Å². The molecule has 8 rings (SSSR count). The van der Waals surface area contributed by atoms with Gasteiger partial charge in [0.25, 0.3) is 0 Å². The Balaban J connectivity index is 0.000000160. The lowest BCUT2D eigenvalue weighted by atomic mass is 10.2. The second-order valence-electron chi connectivity index (χ2n) is 11.9. The Morgan fingerprint density at radius 3 is 1.67 bits per heavy atom. The highest BCUT2D eigenvalue weighted by molar-refractivity contribution is 5.91. The highest BCUT2D eigenvalue weighted by Gasteiger charge is 2.18. The first-order chi connectivity index (χ1) is 23.8. The SMILES string of the molecule is CC.c1ccc2c(NC3CCCC3)nc(-c3ccncc3)nc2c1.c1ccc2c(NCCN3CCCC3)nc(-c3ccncc3)nc2c1. The van der Waals surface area contributed by atoms with E-state index >= 15 is 0 Å². The lowest BCUT2D eigenvalue weighted by Crippen LogP contribution is -2.26. The van der Waals surface area contributed by atoms with Crippen LogP contribution in [0.2, 0.25) is 0 Å². The van der Waals surface area contributed by atoms with Crippen LogP contribution in [0.5, 0.6) is 0 Å². The first-order valence-electron chi connectivity index (χ1n) is 17.4. The maximum Gasteiger partial charge on any atom is 0.162 e. The Kier molecular flexibility index (Phi) is 11.4. The first-order valence-corrected chi connectivity index (χ1v) is 17.4. The summed E-state index contributed by atoms with van der Waals surface area (Å²) in [6, 6.07) is 24.7. The zero-order chi connectivity index (χ0) is 33.0. The molecule has 246 valence electrons. The molecule has 1 aliphatic carbocycles. The number of nitrogens with zero attached hydrogens (tertiary/aromatic N) is 7. The van der Waals surface area contributed by atoms with Crippen LogP contribution in [0.25, 0.3) is 44.6 Å². The van der Waals surface area contributed by atoms with Gasteiger partial charge < -0.3 is 15.5 Å². The third-order valence-electron chi connectivity index (χ3n) is 8.70. The van der Waals surface area contributed by atoms with Gasteiger partial charge in [0.1, 0.15) is 11.6 Å². The van der Waals surface area contributed by atoms with E-state index in [0.29, 0.717) is 6.04 Å². The van der Waals surface area contributed by atoms with Gasteiger partial charge in [0.2, 0.25) is 0 Å². The van der Waals surface area contributed by atoms with Gasteiger partial charge in [-0.1, -0.05) is 51.0 Å². The molecule has 2 aromatic carbocycles. The van der Waals surface area contributed by atoms with Crippen LogP contribution >= 0.6 is 0 Å². The number of anilines is 2. The molecule has 0 amide bonds. The molecule has 9 heteroatoms. The van der Waals surface area contributed by atoms with Gasteiger partial charge >= 0.3 is 0 Å². The van der Waals surface area contributed by atoms with Crippen LogP contribution in [-0.4, -0.2) is 67.0 Å². The molecule has 1 saturated carbocycles. The molecule has 0 bridgehead atoms. The summed E-state index contributed by atoms with van der Waals surface area (Å²) in [5, 5.41) is 9.30. The summed E-state index contributed by atoms with van der Waals surface area (Å²) < 4.78 is 0. The van der Waals surface area contributed by atoms with Crippen molar-refractivity contribution in [3.8, 4) is 22.8 Å². The van der Waals surface area contributed by atoms with Gasteiger partial charge in [0.05, 0.1) is 11.0 Å². The minimum Gasteiger partial charge on any atom is -0.368 e. The van der Waals surface area contributed by atoms with Crippen molar-refractivity contribution in [3.05, 3.63) is 97.6 Å².